The Balaban J connectivity index is 2.53. The number of rotatable bonds is 4. The lowest BCUT2D eigenvalue weighted by molar-refractivity contribution is -0.130. The lowest BCUT2D eigenvalue weighted by Gasteiger charge is -2.21. The van der Waals surface area contributed by atoms with Gasteiger partial charge in [-0.25, -0.2) is 5.01 Å². The van der Waals surface area contributed by atoms with Crippen LogP contribution in [0.2, 0.25) is 0 Å². The molecular weight excluding hydrogens is 222 g/mol. The molecule has 0 aromatic carbocycles. The number of carbonyl (C=O) groups excluding carboxylic acids is 2. The van der Waals surface area contributed by atoms with Crippen LogP contribution in [0.15, 0.2) is 5.10 Å². The predicted molar refractivity (Wildman–Crippen MR) is 63.3 cm³/mol. The van der Waals surface area contributed by atoms with Gasteiger partial charge in [-0.2, -0.15) is 5.10 Å². The molecule has 1 aliphatic heterocycles. The van der Waals surface area contributed by atoms with E-state index in [1.807, 2.05) is 6.92 Å². The van der Waals surface area contributed by atoms with Crippen LogP contribution in [0.4, 0.5) is 0 Å². The number of nitrogens with one attached hydrogen (secondary N) is 1. The summed E-state index contributed by atoms with van der Waals surface area (Å²) in [6.45, 7) is 3.50. The van der Waals surface area contributed by atoms with Crippen LogP contribution >= 0.6 is 0 Å². The maximum Gasteiger partial charge on any atom is 0.267 e. The maximum absolute atomic E-state index is 11.8. The second kappa shape index (κ2) is 5.77. The van der Waals surface area contributed by atoms with Crippen LogP contribution in [0.3, 0.4) is 0 Å². The molecule has 0 radical (unpaired) electrons. The lowest BCUT2D eigenvalue weighted by Crippen LogP contribution is -2.42. The Morgan fingerprint density at radius 1 is 1.53 bits per heavy atom. The van der Waals surface area contributed by atoms with Crippen molar-refractivity contribution in [3.8, 4) is 0 Å². The summed E-state index contributed by atoms with van der Waals surface area (Å²) in [6.07, 6.45) is 0.723. The van der Waals surface area contributed by atoms with E-state index in [0.717, 1.165) is 0 Å². The molecule has 0 aliphatic carbocycles. The van der Waals surface area contributed by atoms with Crippen molar-refractivity contribution in [3.05, 3.63) is 0 Å². The van der Waals surface area contributed by atoms with E-state index in [9.17, 15) is 14.7 Å². The molecule has 1 aliphatic rings. The quantitative estimate of drug-likeness (QED) is 0.719. The zero-order valence-electron chi connectivity index (χ0n) is 10.4. The molecule has 2 amide bonds. The minimum Gasteiger partial charge on any atom is -0.393 e. The Kier molecular flexibility index (Phi) is 4.62. The first-order valence-corrected chi connectivity index (χ1v) is 5.73. The smallest absolute Gasteiger partial charge is 0.267 e. The summed E-state index contributed by atoms with van der Waals surface area (Å²) in [4.78, 5) is 23.0. The third-order valence-corrected chi connectivity index (χ3v) is 2.54. The molecule has 0 spiro atoms. The number of nitrogens with zero attached hydrogens (tertiary/aromatic N) is 2. The van der Waals surface area contributed by atoms with E-state index in [1.165, 1.54) is 12.1 Å². The second-order valence-corrected chi connectivity index (χ2v) is 4.42. The van der Waals surface area contributed by atoms with E-state index in [0.29, 0.717) is 25.0 Å². The van der Waals surface area contributed by atoms with Gasteiger partial charge >= 0.3 is 0 Å². The average Bonchev–Trinajstić information content (AvgIpc) is 2.20. The third-order valence-electron chi connectivity index (χ3n) is 2.54. The highest BCUT2D eigenvalue weighted by atomic mass is 16.3. The van der Waals surface area contributed by atoms with Crippen LogP contribution in [-0.4, -0.2) is 46.8 Å². The molecule has 6 nitrogen and oxygen atoms in total. The van der Waals surface area contributed by atoms with Gasteiger partial charge < -0.3 is 10.4 Å². The average molecular weight is 241 g/mol. The monoisotopic (exact) mass is 241 g/mol. The van der Waals surface area contributed by atoms with E-state index in [2.05, 4.69) is 10.4 Å². The van der Waals surface area contributed by atoms with Crippen molar-refractivity contribution in [1.82, 2.24) is 10.3 Å². The summed E-state index contributed by atoms with van der Waals surface area (Å²) in [5.74, 6) is -0.351. The summed E-state index contributed by atoms with van der Waals surface area (Å²) in [5.41, 5.74) is 0.365. The van der Waals surface area contributed by atoms with Gasteiger partial charge in [-0.1, -0.05) is 0 Å². The van der Waals surface area contributed by atoms with Gasteiger partial charge in [-0.05, 0) is 20.3 Å². The Labute approximate surface area is 101 Å². The van der Waals surface area contributed by atoms with E-state index in [4.69, 9.17) is 0 Å². The minimum absolute atomic E-state index is 0.0846. The SMILES string of the molecule is CC(O)CC(C)NC(=O)C1=NN(C)C(=O)CC1. The molecule has 1 heterocycles. The minimum atomic E-state index is -0.456. The number of aliphatic hydroxyl groups excluding tert-OH is 1. The molecule has 6 heteroatoms. The highest BCUT2D eigenvalue weighted by molar-refractivity contribution is 6.39. The van der Waals surface area contributed by atoms with Crippen molar-refractivity contribution >= 4 is 17.5 Å². The highest BCUT2D eigenvalue weighted by Gasteiger charge is 2.22. The van der Waals surface area contributed by atoms with Crippen LogP contribution in [-0.2, 0) is 9.59 Å². The Bertz CT molecular complexity index is 339. The summed E-state index contributed by atoms with van der Waals surface area (Å²) >= 11 is 0. The van der Waals surface area contributed by atoms with Gasteiger partial charge in [0.1, 0.15) is 5.71 Å². The van der Waals surface area contributed by atoms with Gasteiger partial charge in [-0.3, -0.25) is 9.59 Å². The molecule has 96 valence electrons. The van der Waals surface area contributed by atoms with Crippen LogP contribution in [0.1, 0.15) is 33.1 Å². The van der Waals surface area contributed by atoms with Gasteiger partial charge in [0, 0.05) is 25.9 Å². The van der Waals surface area contributed by atoms with E-state index in [-0.39, 0.29) is 17.9 Å². The number of hydrazone groups is 1. The molecule has 1 rings (SSSR count). The fraction of sp³-hybridized carbons (Fsp3) is 0.727. The first kappa shape index (κ1) is 13.6. The largest absolute Gasteiger partial charge is 0.393 e. The fourth-order valence-corrected chi connectivity index (χ4v) is 1.71. The van der Waals surface area contributed by atoms with Gasteiger partial charge in [-0.15, -0.1) is 0 Å². The predicted octanol–water partition coefficient (Wildman–Crippen LogP) is -0.130. The molecule has 0 fully saturated rings. The Hall–Kier alpha value is -1.43. The van der Waals surface area contributed by atoms with Gasteiger partial charge in [0.25, 0.3) is 5.91 Å². The number of amides is 2. The molecule has 0 aromatic rings. The molecule has 17 heavy (non-hydrogen) atoms. The zero-order valence-corrected chi connectivity index (χ0v) is 10.4. The van der Waals surface area contributed by atoms with E-state index in [1.54, 1.807) is 6.92 Å². The second-order valence-electron chi connectivity index (χ2n) is 4.42. The molecule has 2 N–H and O–H groups in total. The van der Waals surface area contributed by atoms with Crippen molar-refractivity contribution in [2.24, 2.45) is 5.10 Å². The van der Waals surface area contributed by atoms with Crippen LogP contribution in [0.5, 0.6) is 0 Å². The van der Waals surface area contributed by atoms with Crippen molar-refractivity contribution in [2.75, 3.05) is 7.05 Å². The van der Waals surface area contributed by atoms with E-state index >= 15 is 0 Å². The Morgan fingerprint density at radius 2 is 2.18 bits per heavy atom. The number of aliphatic hydroxyl groups is 1. The van der Waals surface area contributed by atoms with Crippen LogP contribution in [0, 0.1) is 0 Å². The Morgan fingerprint density at radius 3 is 2.71 bits per heavy atom. The first-order chi connectivity index (χ1) is 7.90. The standard InChI is InChI=1S/C11H19N3O3/c1-7(6-8(2)15)12-11(17)9-4-5-10(16)14(3)13-9/h7-8,15H,4-6H2,1-3H3,(H,12,17). The van der Waals surface area contributed by atoms with Crippen molar-refractivity contribution in [1.29, 1.82) is 0 Å². The zero-order chi connectivity index (χ0) is 13.0. The summed E-state index contributed by atoms with van der Waals surface area (Å²) < 4.78 is 0. The maximum atomic E-state index is 11.8. The molecule has 2 unspecified atom stereocenters. The third kappa shape index (κ3) is 4.14. The fourth-order valence-electron chi connectivity index (χ4n) is 1.71. The van der Waals surface area contributed by atoms with Gasteiger partial charge in [0.2, 0.25) is 5.91 Å². The van der Waals surface area contributed by atoms with Crippen LogP contribution in [0.25, 0.3) is 0 Å². The summed E-state index contributed by atoms with van der Waals surface area (Å²) in [5, 5.41) is 17.1. The molecular formula is C11H19N3O3. The summed E-state index contributed by atoms with van der Waals surface area (Å²) in [7, 11) is 1.54. The van der Waals surface area contributed by atoms with Crippen molar-refractivity contribution in [3.63, 3.8) is 0 Å². The topological polar surface area (TPSA) is 82.0 Å². The first-order valence-electron chi connectivity index (χ1n) is 5.73. The lowest BCUT2D eigenvalue weighted by atomic mass is 10.1. The number of hydrogen-bond acceptors (Lipinski definition) is 4. The highest BCUT2D eigenvalue weighted by Crippen LogP contribution is 2.07. The molecule has 0 bridgehead atoms. The van der Waals surface area contributed by atoms with Gasteiger partial charge in [0.15, 0.2) is 0 Å². The van der Waals surface area contributed by atoms with Gasteiger partial charge in [0.05, 0.1) is 6.10 Å². The summed E-state index contributed by atoms with van der Waals surface area (Å²) in [6, 6.07) is -0.117. The molecule has 2 atom stereocenters. The van der Waals surface area contributed by atoms with E-state index < -0.39 is 6.10 Å². The number of hydrogen-bond donors (Lipinski definition) is 2. The molecule has 0 saturated heterocycles. The van der Waals surface area contributed by atoms with Crippen molar-refractivity contribution in [2.45, 2.75) is 45.3 Å². The van der Waals surface area contributed by atoms with Crippen molar-refractivity contribution < 1.29 is 14.7 Å². The molecule has 0 aromatic heterocycles. The van der Waals surface area contributed by atoms with Crippen LogP contribution < -0.4 is 5.32 Å². The normalized spacial score (nSPS) is 19.6. The number of carbonyl (C=O) groups is 2. The molecule has 0 saturated carbocycles.